The minimum absolute atomic E-state index is 0.263. The number of thiol groups is 2. The first-order chi connectivity index (χ1) is 9.70. The Bertz CT molecular complexity index is 730. The molecule has 0 aromatic carbocycles. The van der Waals surface area contributed by atoms with Crippen molar-refractivity contribution in [2.75, 3.05) is 0 Å². The third-order valence-corrected chi connectivity index (χ3v) is 3.81. The fourth-order valence-electron chi connectivity index (χ4n) is 1.92. The van der Waals surface area contributed by atoms with Crippen molar-refractivity contribution in [3.8, 4) is 11.4 Å². The fourth-order valence-corrected chi connectivity index (χ4v) is 2.52. The van der Waals surface area contributed by atoms with Crippen molar-refractivity contribution in [1.82, 2.24) is 19.1 Å². The van der Waals surface area contributed by atoms with E-state index in [1.807, 2.05) is 0 Å². The first kappa shape index (κ1) is 13.0. The number of hydrogen-bond donors (Lipinski definition) is 2. The second-order valence-electron chi connectivity index (χ2n) is 4.02. The van der Waals surface area contributed by atoms with Crippen LogP contribution in [-0.4, -0.2) is 19.1 Å². The summed E-state index contributed by atoms with van der Waals surface area (Å²) in [6, 6.07) is 7.09. The van der Waals surface area contributed by atoms with Crippen LogP contribution in [0.15, 0.2) is 63.9 Å². The largest absolute Gasteiger partial charge is 0.339 e. The standard InChI is InChI=1S/C13H10N4OS2/c18-13-16(9-3-1-5-14-7-9)11(19)12(20)17(13)10-4-2-6-15-8-10/h1-8,19-20H. The van der Waals surface area contributed by atoms with Gasteiger partial charge < -0.3 is 0 Å². The van der Waals surface area contributed by atoms with E-state index in [4.69, 9.17) is 0 Å². The summed E-state index contributed by atoms with van der Waals surface area (Å²) in [7, 11) is 0. The number of rotatable bonds is 2. The van der Waals surface area contributed by atoms with Gasteiger partial charge in [-0.05, 0) is 24.3 Å². The molecule has 0 spiro atoms. The molecule has 0 N–H and O–H groups in total. The van der Waals surface area contributed by atoms with Crippen LogP contribution >= 0.6 is 25.3 Å². The minimum atomic E-state index is -0.263. The van der Waals surface area contributed by atoms with Crippen LogP contribution in [0.3, 0.4) is 0 Å². The Hall–Kier alpha value is -1.99. The lowest BCUT2D eigenvalue weighted by molar-refractivity contribution is 0.861. The Morgan fingerprint density at radius 1 is 0.850 bits per heavy atom. The van der Waals surface area contributed by atoms with E-state index in [2.05, 4.69) is 35.2 Å². The number of hydrogen-bond acceptors (Lipinski definition) is 5. The van der Waals surface area contributed by atoms with Crippen LogP contribution in [0.5, 0.6) is 0 Å². The van der Waals surface area contributed by atoms with Crippen LogP contribution < -0.4 is 5.69 Å². The molecule has 7 heteroatoms. The Morgan fingerprint density at radius 3 is 1.65 bits per heavy atom. The van der Waals surface area contributed by atoms with E-state index in [0.717, 1.165) is 0 Å². The molecule has 5 nitrogen and oxygen atoms in total. The van der Waals surface area contributed by atoms with Crippen LogP contribution in [0.25, 0.3) is 11.4 Å². The lowest BCUT2D eigenvalue weighted by Gasteiger charge is -2.02. The lowest BCUT2D eigenvalue weighted by atomic mass is 10.4. The highest BCUT2D eigenvalue weighted by atomic mass is 32.1. The van der Waals surface area contributed by atoms with Crippen LogP contribution in [0.1, 0.15) is 0 Å². The zero-order valence-corrected chi connectivity index (χ0v) is 12.0. The summed E-state index contributed by atoms with van der Waals surface area (Å²) in [5, 5.41) is 0.908. The molecular formula is C13H10N4OS2. The highest BCUT2D eigenvalue weighted by Gasteiger charge is 2.17. The maximum Gasteiger partial charge on any atom is 0.339 e. The van der Waals surface area contributed by atoms with E-state index >= 15 is 0 Å². The van der Waals surface area contributed by atoms with Crippen LogP contribution in [0.4, 0.5) is 0 Å². The van der Waals surface area contributed by atoms with Gasteiger partial charge in [-0.2, -0.15) is 0 Å². The monoisotopic (exact) mass is 302 g/mol. The second-order valence-corrected chi connectivity index (χ2v) is 4.87. The molecule has 3 aromatic heterocycles. The summed E-state index contributed by atoms with van der Waals surface area (Å²) in [4.78, 5) is 20.6. The van der Waals surface area contributed by atoms with E-state index in [9.17, 15) is 4.79 Å². The maximum atomic E-state index is 12.6. The van der Waals surface area contributed by atoms with E-state index in [0.29, 0.717) is 21.4 Å². The van der Waals surface area contributed by atoms with Gasteiger partial charge in [0.25, 0.3) is 0 Å². The van der Waals surface area contributed by atoms with Crippen molar-refractivity contribution in [2.45, 2.75) is 10.1 Å². The van der Waals surface area contributed by atoms with Gasteiger partial charge in [-0.25, -0.2) is 4.79 Å². The highest BCUT2D eigenvalue weighted by molar-refractivity contribution is 7.83. The molecule has 0 fully saturated rings. The van der Waals surface area contributed by atoms with E-state index in [-0.39, 0.29) is 5.69 Å². The third kappa shape index (κ3) is 2.04. The van der Waals surface area contributed by atoms with Crippen LogP contribution in [0, 0.1) is 0 Å². The molecule has 0 bridgehead atoms. The van der Waals surface area contributed by atoms with Crippen molar-refractivity contribution in [3.63, 3.8) is 0 Å². The van der Waals surface area contributed by atoms with Crippen molar-refractivity contribution in [2.24, 2.45) is 0 Å². The summed E-state index contributed by atoms with van der Waals surface area (Å²) >= 11 is 8.76. The highest BCUT2D eigenvalue weighted by Crippen LogP contribution is 2.22. The molecule has 20 heavy (non-hydrogen) atoms. The fraction of sp³-hybridized carbons (Fsp3) is 0. The molecule has 0 saturated carbocycles. The second kappa shape index (κ2) is 5.18. The zero-order valence-electron chi connectivity index (χ0n) is 10.2. The van der Waals surface area contributed by atoms with Crippen molar-refractivity contribution < 1.29 is 0 Å². The summed E-state index contributed by atoms with van der Waals surface area (Å²) in [5.74, 6) is 0. The number of pyridine rings is 2. The lowest BCUT2D eigenvalue weighted by Crippen LogP contribution is -2.22. The van der Waals surface area contributed by atoms with Crippen molar-refractivity contribution in [3.05, 3.63) is 59.5 Å². The normalized spacial score (nSPS) is 10.7. The van der Waals surface area contributed by atoms with E-state index in [1.54, 1.807) is 49.1 Å². The van der Waals surface area contributed by atoms with Gasteiger partial charge in [0.15, 0.2) is 0 Å². The van der Waals surface area contributed by atoms with Gasteiger partial charge in [-0.3, -0.25) is 19.1 Å². The summed E-state index contributed by atoms with van der Waals surface area (Å²) in [6.07, 6.45) is 6.49. The molecular weight excluding hydrogens is 292 g/mol. The van der Waals surface area contributed by atoms with Gasteiger partial charge in [-0.15, -0.1) is 25.3 Å². The quantitative estimate of drug-likeness (QED) is 0.712. The molecule has 0 aliphatic heterocycles. The maximum absolute atomic E-state index is 12.6. The molecule has 0 radical (unpaired) electrons. The van der Waals surface area contributed by atoms with Gasteiger partial charge in [0.05, 0.1) is 23.8 Å². The van der Waals surface area contributed by atoms with E-state index < -0.39 is 0 Å². The summed E-state index contributed by atoms with van der Waals surface area (Å²) in [5.41, 5.74) is 1.02. The molecule has 3 aromatic rings. The molecule has 0 unspecified atom stereocenters. The Labute approximate surface area is 125 Å². The van der Waals surface area contributed by atoms with Crippen LogP contribution in [0.2, 0.25) is 0 Å². The number of nitrogens with zero attached hydrogens (tertiary/aromatic N) is 4. The minimum Gasteiger partial charge on any atom is -0.263 e. The molecule has 0 amide bonds. The zero-order chi connectivity index (χ0) is 14.1. The topological polar surface area (TPSA) is 52.7 Å². The third-order valence-electron chi connectivity index (χ3n) is 2.81. The number of aromatic nitrogens is 4. The van der Waals surface area contributed by atoms with Gasteiger partial charge in [0, 0.05) is 12.4 Å². The smallest absolute Gasteiger partial charge is 0.263 e. The van der Waals surface area contributed by atoms with Crippen molar-refractivity contribution in [1.29, 1.82) is 0 Å². The van der Waals surface area contributed by atoms with Crippen LogP contribution in [-0.2, 0) is 0 Å². The molecule has 100 valence electrons. The molecule has 3 heterocycles. The first-order valence-corrected chi connectivity index (χ1v) is 6.66. The molecule has 0 saturated heterocycles. The average molecular weight is 302 g/mol. The SMILES string of the molecule is O=c1n(-c2cccnc2)c(S)c(S)n1-c1cccnc1. The molecule has 0 aliphatic carbocycles. The first-order valence-electron chi connectivity index (χ1n) is 5.76. The van der Waals surface area contributed by atoms with Gasteiger partial charge in [0.1, 0.15) is 10.1 Å². The van der Waals surface area contributed by atoms with Gasteiger partial charge >= 0.3 is 5.69 Å². The number of imidazole rings is 1. The van der Waals surface area contributed by atoms with Gasteiger partial charge in [-0.1, -0.05) is 0 Å². The average Bonchev–Trinajstić information content (AvgIpc) is 2.71. The molecule has 3 rings (SSSR count). The molecule has 0 aliphatic rings. The van der Waals surface area contributed by atoms with E-state index in [1.165, 1.54) is 9.13 Å². The summed E-state index contributed by atoms with van der Waals surface area (Å²) < 4.78 is 2.90. The van der Waals surface area contributed by atoms with Crippen molar-refractivity contribution >= 4 is 25.3 Å². The predicted octanol–water partition coefficient (Wildman–Crippen LogP) is 2.00. The predicted molar refractivity (Wildman–Crippen MR) is 81.5 cm³/mol. The Kier molecular flexibility index (Phi) is 3.37. The Morgan fingerprint density at radius 2 is 1.30 bits per heavy atom. The molecule has 0 atom stereocenters. The Balaban J connectivity index is 2.29. The summed E-state index contributed by atoms with van der Waals surface area (Å²) in [6.45, 7) is 0. The van der Waals surface area contributed by atoms with Gasteiger partial charge in [0.2, 0.25) is 0 Å².